The van der Waals surface area contributed by atoms with E-state index in [9.17, 15) is 43.5 Å². The van der Waals surface area contributed by atoms with Crippen LogP contribution in [0.4, 0.5) is 0 Å². The van der Waals surface area contributed by atoms with E-state index in [-0.39, 0.29) is 18.9 Å². The summed E-state index contributed by atoms with van der Waals surface area (Å²) in [4.78, 5) is 42.7. The Morgan fingerprint density at radius 3 is 2.09 bits per heavy atom. The molecule has 0 bridgehead atoms. The third-order valence-electron chi connectivity index (χ3n) is 3.42. The molecule has 0 aromatic carbocycles. The van der Waals surface area contributed by atoms with Crippen LogP contribution in [0.2, 0.25) is 0 Å². The van der Waals surface area contributed by atoms with Gasteiger partial charge in [-0.1, -0.05) is 6.92 Å². The number of phosphoric acid groups is 3. The Hall–Kier alpha value is 0.330. The summed E-state index contributed by atoms with van der Waals surface area (Å²) in [6.07, 6.45) is -0.705. The van der Waals surface area contributed by atoms with Crippen LogP contribution in [0, 0.1) is 17.8 Å². The van der Waals surface area contributed by atoms with Gasteiger partial charge in [0.2, 0.25) is 0 Å². The molecule has 0 aromatic heterocycles. The molecular weight excluding hydrogens is 381 g/mol. The fourth-order valence-electron chi connectivity index (χ4n) is 2.45. The Morgan fingerprint density at radius 1 is 1.04 bits per heavy atom. The molecule has 138 valence electrons. The van der Waals surface area contributed by atoms with Gasteiger partial charge < -0.3 is 38.9 Å². The van der Waals surface area contributed by atoms with Crippen LogP contribution in [0.5, 0.6) is 0 Å². The van der Waals surface area contributed by atoms with Crippen molar-refractivity contribution in [1.82, 2.24) is 0 Å². The van der Waals surface area contributed by atoms with Gasteiger partial charge in [0.05, 0.1) is 20.5 Å². The number of aliphatic hydroxyl groups is 2. The first-order valence-electron chi connectivity index (χ1n) is 6.26. The smallest absolute Gasteiger partial charge is 0.278 e. The van der Waals surface area contributed by atoms with Gasteiger partial charge in [0.25, 0.3) is 15.6 Å². The average molecular weight is 396 g/mol. The van der Waals surface area contributed by atoms with Gasteiger partial charge >= 0.3 is 0 Å². The third-order valence-corrected chi connectivity index (χ3v) is 7.09. The fourth-order valence-corrected chi connectivity index (χ4v) is 5.34. The minimum absolute atomic E-state index is 0.128. The van der Waals surface area contributed by atoms with E-state index in [1.807, 2.05) is 0 Å². The lowest BCUT2D eigenvalue weighted by Crippen LogP contribution is -2.28. The molecular formula is C8H15O12P3-4. The number of hydrogen-bond acceptors (Lipinski definition) is 12. The zero-order valence-corrected chi connectivity index (χ0v) is 14.4. The maximum atomic E-state index is 11.4. The molecule has 6 atom stereocenters. The molecule has 12 nitrogen and oxygen atoms in total. The summed E-state index contributed by atoms with van der Waals surface area (Å²) >= 11 is 0. The summed E-state index contributed by atoms with van der Waals surface area (Å²) < 4.78 is 43.2. The topological polar surface area (TPSA) is 212 Å². The van der Waals surface area contributed by atoms with Gasteiger partial charge in [-0.3, -0.25) is 13.4 Å². The highest BCUT2D eigenvalue weighted by Gasteiger charge is 2.40. The molecule has 0 amide bonds. The summed E-state index contributed by atoms with van der Waals surface area (Å²) in [6, 6.07) is 0. The van der Waals surface area contributed by atoms with E-state index in [0.717, 1.165) is 0 Å². The van der Waals surface area contributed by atoms with Crippen LogP contribution >= 0.6 is 23.5 Å². The van der Waals surface area contributed by atoms with Crippen LogP contribution in [0.1, 0.15) is 13.3 Å². The second-order valence-electron chi connectivity index (χ2n) is 5.09. The van der Waals surface area contributed by atoms with E-state index in [2.05, 4.69) is 13.1 Å². The first-order chi connectivity index (χ1) is 10.3. The maximum Gasteiger partial charge on any atom is 0.278 e. The van der Waals surface area contributed by atoms with Crippen LogP contribution in [0.15, 0.2) is 0 Å². The molecule has 0 saturated heterocycles. The van der Waals surface area contributed by atoms with Gasteiger partial charge in [0.15, 0.2) is 0 Å². The zero-order valence-electron chi connectivity index (χ0n) is 11.7. The highest BCUT2D eigenvalue weighted by Crippen LogP contribution is 2.60. The molecule has 1 rings (SSSR count). The highest BCUT2D eigenvalue weighted by molar-refractivity contribution is 7.64. The SMILES string of the molecule is C[C@H]1C[C@@H](O)[C@@H](COP(=O)([O-])OP(=O)([O-])OP(=O)([O-])[O-])C1CO. The molecule has 1 aliphatic carbocycles. The van der Waals surface area contributed by atoms with Crippen LogP contribution in [0.3, 0.4) is 0 Å². The average Bonchev–Trinajstić information content (AvgIpc) is 2.55. The van der Waals surface area contributed by atoms with Crippen LogP contribution in [0.25, 0.3) is 0 Å². The molecule has 15 heteroatoms. The predicted molar refractivity (Wildman–Crippen MR) is 64.8 cm³/mol. The zero-order chi connectivity index (χ0) is 18.1. The molecule has 0 aromatic rings. The van der Waals surface area contributed by atoms with Gasteiger partial charge in [-0.2, -0.15) is 0 Å². The Balaban J connectivity index is 2.67. The monoisotopic (exact) mass is 396 g/mol. The fraction of sp³-hybridized carbons (Fsp3) is 1.00. The minimum Gasteiger partial charge on any atom is -0.790 e. The van der Waals surface area contributed by atoms with Gasteiger partial charge in [-0.25, -0.2) is 4.31 Å². The second-order valence-corrected chi connectivity index (χ2v) is 9.34. The molecule has 1 aliphatic rings. The van der Waals surface area contributed by atoms with Crippen molar-refractivity contribution in [3.05, 3.63) is 0 Å². The van der Waals surface area contributed by atoms with E-state index in [1.54, 1.807) is 6.92 Å². The molecule has 2 N–H and O–H groups in total. The summed E-state index contributed by atoms with van der Waals surface area (Å²) in [5, 5.41) is 19.0. The lowest BCUT2D eigenvalue weighted by molar-refractivity contribution is -0.339. The van der Waals surface area contributed by atoms with E-state index in [1.165, 1.54) is 0 Å². The third kappa shape index (κ3) is 6.99. The first-order valence-corrected chi connectivity index (χ1v) is 10.6. The first kappa shape index (κ1) is 21.4. The van der Waals surface area contributed by atoms with Crippen molar-refractivity contribution in [2.24, 2.45) is 17.8 Å². The molecule has 23 heavy (non-hydrogen) atoms. The quantitative estimate of drug-likeness (QED) is 0.405. The predicted octanol–water partition coefficient (Wildman–Crippen LogP) is -2.57. The molecule has 0 heterocycles. The molecule has 1 fully saturated rings. The van der Waals surface area contributed by atoms with Crippen LogP contribution < -0.4 is 19.6 Å². The van der Waals surface area contributed by atoms with Crippen molar-refractivity contribution in [3.8, 4) is 0 Å². The standard InChI is InChI=1S/C8H19O12P3/c1-5-2-8(10)7(6(5)3-9)4-18-22(14,15)20-23(16,17)19-21(11,12)13/h5-10H,2-4H2,1H3,(H,14,15)(H,16,17)(H2,11,12,13)/p-4/t5-,6?,7-,8+/m0/s1. The summed E-state index contributed by atoms with van der Waals surface area (Å²) in [5.74, 6) is -1.42. The van der Waals surface area contributed by atoms with Crippen molar-refractivity contribution in [1.29, 1.82) is 0 Å². The van der Waals surface area contributed by atoms with Crippen molar-refractivity contribution in [2.75, 3.05) is 13.2 Å². The maximum absolute atomic E-state index is 11.4. The number of phosphoric ester groups is 1. The molecule has 0 spiro atoms. The van der Waals surface area contributed by atoms with Crippen molar-refractivity contribution in [3.63, 3.8) is 0 Å². The normalized spacial score (nSPS) is 34.0. The van der Waals surface area contributed by atoms with Gasteiger partial charge in [-0.15, -0.1) is 0 Å². The number of aliphatic hydroxyl groups excluding tert-OH is 2. The van der Waals surface area contributed by atoms with Gasteiger partial charge in [-0.05, 0) is 18.3 Å². The van der Waals surface area contributed by atoms with E-state index in [0.29, 0.717) is 0 Å². The largest absolute Gasteiger partial charge is 0.790 e. The number of hydrogen-bond donors (Lipinski definition) is 2. The number of rotatable bonds is 8. The summed E-state index contributed by atoms with van der Waals surface area (Å²) in [5.41, 5.74) is 0. The summed E-state index contributed by atoms with van der Waals surface area (Å²) in [6.45, 7) is 0.663. The molecule has 1 saturated carbocycles. The molecule has 3 unspecified atom stereocenters. The van der Waals surface area contributed by atoms with Gasteiger partial charge in [0.1, 0.15) is 0 Å². The highest BCUT2D eigenvalue weighted by atomic mass is 31.3. The second kappa shape index (κ2) is 7.70. The van der Waals surface area contributed by atoms with Crippen LogP contribution in [-0.2, 0) is 26.8 Å². The Labute approximate surface area is 131 Å². The molecule has 0 aliphatic heterocycles. The Kier molecular flexibility index (Phi) is 7.15. The van der Waals surface area contributed by atoms with Crippen molar-refractivity contribution >= 4 is 23.5 Å². The Bertz CT molecular complexity index is 544. The van der Waals surface area contributed by atoms with E-state index in [4.69, 9.17) is 0 Å². The van der Waals surface area contributed by atoms with Gasteiger partial charge in [0, 0.05) is 12.5 Å². The van der Waals surface area contributed by atoms with Crippen molar-refractivity contribution in [2.45, 2.75) is 19.4 Å². The minimum atomic E-state index is -6.03. The van der Waals surface area contributed by atoms with Crippen LogP contribution in [-0.4, -0.2) is 29.5 Å². The molecule has 0 radical (unpaired) electrons. The Morgan fingerprint density at radius 2 is 1.61 bits per heavy atom. The van der Waals surface area contributed by atoms with Crippen molar-refractivity contribution < 1.29 is 56.6 Å². The lowest BCUT2D eigenvalue weighted by Gasteiger charge is -2.37. The lowest BCUT2D eigenvalue weighted by atomic mass is 9.91. The summed E-state index contributed by atoms with van der Waals surface area (Å²) in [7, 11) is -17.6. The van der Waals surface area contributed by atoms with E-state index >= 15 is 0 Å². The van der Waals surface area contributed by atoms with E-state index < -0.39 is 48.0 Å².